The highest BCUT2D eigenvalue weighted by atomic mass is 79.9. The van der Waals surface area contributed by atoms with Crippen molar-refractivity contribution in [3.05, 3.63) is 51.8 Å². The van der Waals surface area contributed by atoms with E-state index in [-0.39, 0.29) is 0 Å². The molecule has 0 aliphatic heterocycles. The lowest BCUT2D eigenvalue weighted by Gasteiger charge is -2.13. The Morgan fingerprint density at radius 2 is 2.00 bits per heavy atom. The molecule has 1 atom stereocenters. The number of hydrogen-bond donors (Lipinski definition) is 1. The number of benzene rings is 1. The molecule has 0 aliphatic rings. The maximum atomic E-state index is 4.35. The fourth-order valence-electron chi connectivity index (χ4n) is 2.15. The minimum atomic E-state index is 0.445. The van der Waals surface area contributed by atoms with Gasteiger partial charge in [0.1, 0.15) is 0 Å². The second kappa shape index (κ2) is 6.35. The van der Waals surface area contributed by atoms with E-state index in [9.17, 15) is 0 Å². The Morgan fingerprint density at radius 1 is 1.32 bits per heavy atom. The van der Waals surface area contributed by atoms with Gasteiger partial charge in [0.2, 0.25) is 0 Å². The number of aryl methyl sites for hydroxylation is 2. The second-order valence-corrected chi connectivity index (χ2v) is 5.94. The Kier molecular flexibility index (Phi) is 4.77. The van der Waals surface area contributed by atoms with Gasteiger partial charge in [-0.05, 0) is 38.0 Å². The molecule has 2 rings (SSSR count). The molecule has 0 amide bonds. The van der Waals surface area contributed by atoms with Crippen LogP contribution in [0.25, 0.3) is 0 Å². The van der Waals surface area contributed by atoms with Crippen molar-refractivity contribution in [3.63, 3.8) is 0 Å². The number of nitrogens with one attached hydrogen (secondary N) is 1. The molecule has 1 N–H and O–H groups in total. The lowest BCUT2D eigenvalue weighted by atomic mass is 10.1. The summed E-state index contributed by atoms with van der Waals surface area (Å²) in [5, 5.41) is 7.91. The summed E-state index contributed by atoms with van der Waals surface area (Å²) in [7, 11) is 1.96. The van der Waals surface area contributed by atoms with E-state index < -0.39 is 0 Å². The fraction of sp³-hybridized carbons (Fsp3) is 0.400. The minimum Gasteiger partial charge on any atom is -0.310 e. The third kappa shape index (κ3) is 4.18. The molecule has 3 nitrogen and oxygen atoms in total. The first kappa shape index (κ1) is 14.3. The average Bonchev–Trinajstić information content (AvgIpc) is 2.68. The molecule has 0 spiro atoms. The summed E-state index contributed by atoms with van der Waals surface area (Å²) in [6.07, 6.45) is 3.11. The van der Waals surface area contributed by atoms with Crippen molar-refractivity contribution in [1.29, 1.82) is 0 Å². The number of nitrogens with zero attached hydrogens (tertiary/aromatic N) is 2. The molecule has 1 aromatic carbocycles. The topological polar surface area (TPSA) is 29.9 Å². The molecule has 2 aromatic rings. The van der Waals surface area contributed by atoms with E-state index in [1.165, 1.54) is 11.1 Å². The Labute approximate surface area is 123 Å². The van der Waals surface area contributed by atoms with Gasteiger partial charge in [0, 0.05) is 35.9 Å². The van der Waals surface area contributed by atoms with Gasteiger partial charge in [-0.3, -0.25) is 4.68 Å². The average molecular weight is 322 g/mol. The first-order valence-electron chi connectivity index (χ1n) is 6.51. The van der Waals surface area contributed by atoms with Gasteiger partial charge in [0.15, 0.2) is 0 Å². The molecule has 0 bridgehead atoms. The molecule has 0 fully saturated rings. The molecule has 1 unspecified atom stereocenters. The van der Waals surface area contributed by atoms with Crippen LogP contribution in [-0.2, 0) is 20.0 Å². The van der Waals surface area contributed by atoms with Crippen LogP contribution in [0.1, 0.15) is 23.7 Å². The van der Waals surface area contributed by atoms with Gasteiger partial charge in [-0.2, -0.15) is 5.10 Å². The first-order chi connectivity index (χ1) is 9.04. The quantitative estimate of drug-likeness (QED) is 0.916. The van der Waals surface area contributed by atoms with Crippen molar-refractivity contribution in [2.24, 2.45) is 7.05 Å². The van der Waals surface area contributed by atoms with E-state index in [0.717, 1.165) is 23.1 Å². The summed E-state index contributed by atoms with van der Waals surface area (Å²) in [5.41, 5.74) is 3.72. The number of halogens is 1. The maximum absolute atomic E-state index is 4.35. The second-order valence-electron chi connectivity index (χ2n) is 5.03. The van der Waals surface area contributed by atoms with E-state index >= 15 is 0 Å². The molecule has 1 heterocycles. The van der Waals surface area contributed by atoms with Gasteiger partial charge >= 0.3 is 0 Å². The van der Waals surface area contributed by atoms with Crippen LogP contribution in [0.5, 0.6) is 0 Å². The van der Waals surface area contributed by atoms with E-state index in [2.05, 4.69) is 70.7 Å². The van der Waals surface area contributed by atoms with Crippen LogP contribution in [0.4, 0.5) is 0 Å². The highest BCUT2D eigenvalue weighted by Gasteiger charge is 2.06. The van der Waals surface area contributed by atoms with Gasteiger partial charge in [-0.1, -0.05) is 28.1 Å². The van der Waals surface area contributed by atoms with Crippen LogP contribution in [0.15, 0.2) is 34.9 Å². The van der Waals surface area contributed by atoms with Crippen LogP contribution >= 0.6 is 15.9 Å². The molecule has 0 aliphatic carbocycles. The van der Waals surface area contributed by atoms with Gasteiger partial charge in [0.25, 0.3) is 0 Å². The first-order valence-corrected chi connectivity index (χ1v) is 7.31. The van der Waals surface area contributed by atoms with Crippen molar-refractivity contribution >= 4 is 15.9 Å². The lowest BCUT2D eigenvalue weighted by Crippen LogP contribution is -2.27. The number of aromatic nitrogens is 2. The lowest BCUT2D eigenvalue weighted by molar-refractivity contribution is 0.544. The third-order valence-electron chi connectivity index (χ3n) is 3.21. The Balaban J connectivity index is 1.86. The zero-order valence-electron chi connectivity index (χ0n) is 11.7. The van der Waals surface area contributed by atoms with Crippen LogP contribution in [-0.4, -0.2) is 15.8 Å². The van der Waals surface area contributed by atoms with Crippen LogP contribution in [0.3, 0.4) is 0 Å². The van der Waals surface area contributed by atoms with E-state index in [1.807, 2.05) is 11.7 Å². The van der Waals surface area contributed by atoms with Gasteiger partial charge in [-0.25, -0.2) is 0 Å². The summed E-state index contributed by atoms with van der Waals surface area (Å²) < 4.78 is 2.99. The van der Waals surface area contributed by atoms with Crippen molar-refractivity contribution < 1.29 is 0 Å². The van der Waals surface area contributed by atoms with Crippen molar-refractivity contribution in [1.82, 2.24) is 15.1 Å². The number of hydrogen-bond acceptors (Lipinski definition) is 2. The summed E-state index contributed by atoms with van der Waals surface area (Å²) >= 11 is 3.46. The van der Waals surface area contributed by atoms with Gasteiger partial charge in [0.05, 0.1) is 5.69 Å². The number of rotatable bonds is 5. The minimum absolute atomic E-state index is 0.445. The predicted molar refractivity (Wildman–Crippen MR) is 82.1 cm³/mol. The fourth-order valence-corrected chi connectivity index (χ4v) is 2.42. The molecule has 0 radical (unpaired) electrons. The van der Waals surface area contributed by atoms with E-state index in [0.29, 0.717) is 6.04 Å². The summed E-state index contributed by atoms with van der Waals surface area (Å²) in [5.74, 6) is 0. The smallest absolute Gasteiger partial charge is 0.0638 e. The molecular formula is C15H20BrN3. The predicted octanol–water partition coefficient (Wildman–Crippen LogP) is 3.21. The highest BCUT2D eigenvalue weighted by Crippen LogP contribution is 2.12. The monoisotopic (exact) mass is 321 g/mol. The maximum Gasteiger partial charge on any atom is 0.0638 e. The van der Waals surface area contributed by atoms with Crippen LogP contribution < -0.4 is 5.32 Å². The van der Waals surface area contributed by atoms with Crippen LogP contribution in [0.2, 0.25) is 0 Å². The van der Waals surface area contributed by atoms with E-state index in [4.69, 9.17) is 0 Å². The van der Waals surface area contributed by atoms with Gasteiger partial charge in [-0.15, -0.1) is 0 Å². The highest BCUT2D eigenvalue weighted by molar-refractivity contribution is 9.10. The molecule has 1 aromatic heterocycles. The molecule has 0 saturated carbocycles. The summed E-state index contributed by atoms with van der Waals surface area (Å²) in [4.78, 5) is 0. The van der Waals surface area contributed by atoms with Crippen molar-refractivity contribution in [2.75, 3.05) is 0 Å². The van der Waals surface area contributed by atoms with E-state index in [1.54, 1.807) is 0 Å². The Bertz CT molecular complexity index is 531. The van der Waals surface area contributed by atoms with Crippen LogP contribution in [0, 0.1) is 6.92 Å². The molecule has 19 heavy (non-hydrogen) atoms. The summed E-state index contributed by atoms with van der Waals surface area (Å²) in [6, 6.07) is 8.95. The SMILES string of the molecule is Cc1nn(C)cc1CNC(C)Cc1ccc(Br)cc1. The Hall–Kier alpha value is -1.13. The normalized spacial score (nSPS) is 12.6. The zero-order valence-corrected chi connectivity index (χ0v) is 13.2. The standard InChI is InChI=1S/C15H20BrN3/c1-11(8-13-4-6-15(16)7-5-13)17-9-14-10-19(3)18-12(14)2/h4-7,10-11,17H,8-9H2,1-3H3. The third-order valence-corrected chi connectivity index (χ3v) is 3.74. The van der Waals surface area contributed by atoms with Crippen molar-refractivity contribution in [3.8, 4) is 0 Å². The summed E-state index contributed by atoms with van der Waals surface area (Å²) in [6.45, 7) is 5.14. The van der Waals surface area contributed by atoms with Gasteiger partial charge < -0.3 is 5.32 Å². The molecule has 0 saturated heterocycles. The molecule has 4 heteroatoms. The zero-order chi connectivity index (χ0) is 13.8. The van der Waals surface area contributed by atoms with Crippen molar-refractivity contribution in [2.45, 2.75) is 32.9 Å². The largest absolute Gasteiger partial charge is 0.310 e. The molecule has 102 valence electrons. The Morgan fingerprint density at radius 3 is 2.58 bits per heavy atom. The molecular weight excluding hydrogens is 302 g/mol.